The molecule has 0 saturated carbocycles. The topological polar surface area (TPSA) is 142 Å². The number of nitrogens with one attached hydrogen (secondary N) is 2. The van der Waals surface area contributed by atoms with Gasteiger partial charge in [-0.3, -0.25) is 9.35 Å². The second kappa shape index (κ2) is 11.1. The molecule has 9 nitrogen and oxygen atoms in total. The van der Waals surface area contributed by atoms with E-state index in [2.05, 4.69) is 10.6 Å². The summed E-state index contributed by atoms with van der Waals surface area (Å²) in [6.07, 6.45) is 0.238. The summed E-state index contributed by atoms with van der Waals surface area (Å²) in [6.45, 7) is 5.72. The lowest BCUT2D eigenvalue weighted by Gasteiger charge is -2.19. The number of para-hydroxylation sites is 1. The molecular formula is C22H28N2O7S. The third-order valence-electron chi connectivity index (χ3n) is 4.58. The zero-order chi connectivity index (χ0) is 23.9. The van der Waals surface area contributed by atoms with Gasteiger partial charge in [-0.25, -0.2) is 4.79 Å². The molecule has 174 valence electrons. The molecule has 0 fully saturated rings. The molecule has 2 aromatic rings. The van der Waals surface area contributed by atoms with E-state index in [-0.39, 0.29) is 47.7 Å². The maximum absolute atomic E-state index is 12.6. The molecular weight excluding hydrogens is 436 g/mol. The highest BCUT2D eigenvalue weighted by molar-refractivity contribution is 7.85. The Balaban J connectivity index is 2.24. The lowest BCUT2D eigenvalue weighted by molar-refractivity contribution is -0.115. The molecule has 0 bridgehead atoms. The first kappa shape index (κ1) is 25.3. The number of aromatic hydroxyl groups is 1. The lowest BCUT2D eigenvalue weighted by Crippen LogP contribution is -2.31. The average Bonchev–Trinajstić information content (AvgIpc) is 2.71. The first-order chi connectivity index (χ1) is 15.0. The Kier molecular flexibility index (Phi) is 8.76. The van der Waals surface area contributed by atoms with Crippen molar-refractivity contribution in [1.29, 1.82) is 0 Å². The number of carbonyl (C=O) groups is 2. The predicted molar refractivity (Wildman–Crippen MR) is 121 cm³/mol. The van der Waals surface area contributed by atoms with Gasteiger partial charge in [-0.05, 0) is 29.8 Å². The molecule has 1 unspecified atom stereocenters. The van der Waals surface area contributed by atoms with Crippen molar-refractivity contribution in [2.24, 2.45) is 0 Å². The standard InChI is InChI=1S/C22H28N2O7S/c1-4-21(26)24-18-8-6-5-7-17(18)22(27)31-20-10-9-15(11-19(20)25)16(12-23-14(2)3)13-32(28,29)30/h5-11,14,16,23,25H,4,12-13H2,1-3H3,(H,24,26)(H,28,29,30). The Bertz CT molecular complexity index is 1070. The fraction of sp³-hybridized carbons (Fsp3) is 0.364. The van der Waals surface area contributed by atoms with Crippen LogP contribution >= 0.6 is 0 Å². The summed E-state index contributed by atoms with van der Waals surface area (Å²) in [7, 11) is -4.26. The summed E-state index contributed by atoms with van der Waals surface area (Å²) in [6, 6.07) is 10.6. The van der Waals surface area contributed by atoms with Crippen LogP contribution in [0, 0.1) is 0 Å². The summed E-state index contributed by atoms with van der Waals surface area (Å²) in [5, 5.41) is 16.1. The quantitative estimate of drug-likeness (QED) is 0.239. The number of rotatable bonds is 10. The van der Waals surface area contributed by atoms with E-state index in [1.807, 2.05) is 13.8 Å². The SMILES string of the molecule is CCC(=O)Nc1ccccc1C(=O)Oc1ccc(C(CNC(C)C)CS(=O)(=O)O)cc1O. The number of phenolic OH excluding ortho intramolecular Hbond substituents is 1. The summed E-state index contributed by atoms with van der Waals surface area (Å²) < 4.78 is 37.4. The van der Waals surface area contributed by atoms with Crippen molar-refractivity contribution in [2.45, 2.75) is 39.2 Å². The van der Waals surface area contributed by atoms with Crippen molar-refractivity contribution in [3.63, 3.8) is 0 Å². The molecule has 0 saturated heterocycles. The monoisotopic (exact) mass is 464 g/mol. The van der Waals surface area contributed by atoms with E-state index in [0.29, 0.717) is 5.56 Å². The maximum Gasteiger partial charge on any atom is 0.345 e. The zero-order valence-corrected chi connectivity index (χ0v) is 19.0. The van der Waals surface area contributed by atoms with E-state index in [4.69, 9.17) is 4.74 Å². The lowest BCUT2D eigenvalue weighted by atomic mass is 10.00. The molecule has 0 aliphatic heterocycles. The number of anilines is 1. The first-order valence-corrected chi connectivity index (χ1v) is 11.7. The Hall–Kier alpha value is -2.95. The van der Waals surface area contributed by atoms with E-state index < -0.39 is 27.8 Å². The van der Waals surface area contributed by atoms with Crippen LogP contribution in [-0.2, 0) is 14.9 Å². The van der Waals surface area contributed by atoms with Crippen LogP contribution in [0.15, 0.2) is 42.5 Å². The molecule has 0 spiro atoms. The van der Waals surface area contributed by atoms with Crippen LogP contribution in [0.25, 0.3) is 0 Å². The van der Waals surface area contributed by atoms with Gasteiger partial charge < -0.3 is 20.5 Å². The number of phenols is 1. The number of benzene rings is 2. The molecule has 0 aliphatic carbocycles. The summed E-state index contributed by atoms with van der Waals surface area (Å²) in [5.74, 6) is -2.70. The molecule has 0 aliphatic rings. The Morgan fingerprint density at radius 3 is 2.41 bits per heavy atom. The van der Waals surface area contributed by atoms with E-state index >= 15 is 0 Å². The van der Waals surface area contributed by atoms with Crippen molar-refractivity contribution in [2.75, 3.05) is 17.6 Å². The van der Waals surface area contributed by atoms with Crippen LogP contribution in [0.3, 0.4) is 0 Å². The third kappa shape index (κ3) is 7.63. The Morgan fingerprint density at radius 1 is 1.12 bits per heavy atom. The van der Waals surface area contributed by atoms with Gasteiger partial charge in [0.05, 0.1) is 17.0 Å². The second-order valence-corrected chi connectivity index (χ2v) is 9.07. The number of carbonyl (C=O) groups excluding carboxylic acids is 2. The highest BCUT2D eigenvalue weighted by atomic mass is 32.2. The molecule has 32 heavy (non-hydrogen) atoms. The molecule has 0 radical (unpaired) electrons. The van der Waals surface area contributed by atoms with E-state index in [1.54, 1.807) is 25.1 Å². The minimum atomic E-state index is -4.26. The van der Waals surface area contributed by atoms with Gasteiger partial charge in [0, 0.05) is 24.9 Å². The van der Waals surface area contributed by atoms with Gasteiger partial charge >= 0.3 is 5.97 Å². The van der Waals surface area contributed by atoms with Crippen molar-refractivity contribution >= 4 is 27.7 Å². The molecule has 1 atom stereocenters. The van der Waals surface area contributed by atoms with Crippen LogP contribution < -0.4 is 15.4 Å². The van der Waals surface area contributed by atoms with Gasteiger partial charge in [-0.1, -0.05) is 39.0 Å². The number of amides is 1. The summed E-state index contributed by atoms with van der Waals surface area (Å²) >= 11 is 0. The molecule has 2 rings (SSSR count). The van der Waals surface area contributed by atoms with Gasteiger partial charge in [0.2, 0.25) is 5.91 Å². The van der Waals surface area contributed by atoms with Gasteiger partial charge in [0.1, 0.15) is 0 Å². The predicted octanol–water partition coefficient (Wildman–Crippen LogP) is 2.93. The van der Waals surface area contributed by atoms with Crippen molar-refractivity contribution in [3.8, 4) is 11.5 Å². The normalized spacial score (nSPS) is 12.4. The molecule has 2 aromatic carbocycles. The molecule has 4 N–H and O–H groups in total. The first-order valence-electron chi connectivity index (χ1n) is 10.1. The van der Waals surface area contributed by atoms with Crippen LogP contribution in [0.2, 0.25) is 0 Å². The Labute approximate surface area is 187 Å². The minimum Gasteiger partial charge on any atom is -0.504 e. The van der Waals surface area contributed by atoms with Crippen LogP contribution in [0.4, 0.5) is 5.69 Å². The summed E-state index contributed by atoms with van der Waals surface area (Å²) in [5.41, 5.74) is 0.847. The van der Waals surface area contributed by atoms with Crippen molar-refractivity contribution in [1.82, 2.24) is 5.32 Å². The minimum absolute atomic E-state index is 0.0842. The number of ether oxygens (including phenoxy) is 1. The molecule has 1 amide bonds. The number of hydrogen-bond acceptors (Lipinski definition) is 7. The van der Waals surface area contributed by atoms with E-state index in [9.17, 15) is 27.7 Å². The largest absolute Gasteiger partial charge is 0.504 e. The van der Waals surface area contributed by atoms with Gasteiger partial charge in [-0.2, -0.15) is 8.42 Å². The van der Waals surface area contributed by atoms with Gasteiger partial charge in [-0.15, -0.1) is 0 Å². The van der Waals surface area contributed by atoms with Crippen molar-refractivity contribution in [3.05, 3.63) is 53.6 Å². The Morgan fingerprint density at radius 2 is 1.81 bits per heavy atom. The fourth-order valence-electron chi connectivity index (χ4n) is 2.94. The fourth-order valence-corrected chi connectivity index (χ4v) is 3.76. The van der Waals surface area contributed by atoms with E-state index in [1.165, 1.54) is 24.3 Å². The molecule has 0 heterocycles. The molecule has 10 heteroatoms. The third-order valence-corrected chi connectivity index (χ3v) is 5.41. The van der Waals surface area contributed by atoms with Crippen LogP contribution in [0.1, 0.15) is 49.0 Å². The van der Waals surface area contributed by atoms with Crippen LogP contribution in [-0.4, -0.2) is 48.3 Å². The highest BCUT2D eigenvalue weighted by Crippen LogP contribution is 2.31. The van der Waals surface area contributed by atoms with E-state index in [0.717, 1.165) is 0 Å². The number of hydrogen-bond donors (Lipinski definition) is 4. The average molecular weight is 465 g/mol. The van der Waals surface area contributed by atoms with Crippen LogP contribution in [0.5, 0.6) is 11.5 Å². The zero-order valence-electron chi connectivity index (χ0n) is 18.2. The van der Waals surface area contributed by atoms with Gasteiger partial charge in [0.25, 0.3) is 10.1 Å². The summed E-state index contributed by atoms with van der Waals surface area (Å²) in [4.78, 5) is 24.3. The molecule has 0 aromatic heterocycles. The smallest absolute Gasteiger partial charge is 0.345 e. The number of esters is 1. The maximum atomic E-state index is 12.6. The highest BCUT2D eigenvalue weighted by Gasteiger charge is 2.22. The van der Waals surface area contributed by atoms with Gasteiger partial charge in [0.15, 0.2) is 11.5 Å². The second-order valence-electron chi connectivity index (χ2n) is 7.57. The van der Waals surface area contributed by atoms with Crippen molar-refractivity contribution < 1.29 is 32.4 Å².